The van der Waals surface area contributed by atoms with Crippen molar-refractivity contribution in [3.8, 4) is 0 Å². The quantitative estimate of drug-likeness (QED) is 0.720. The maximum Gasteiger partial charge on any atom is 0.321 e. The Morgan fingerprint density at radius 2 is 2.11 bits per heavy atom. The van der Waals surface area contributed by atoms with Crippen LogP contribution in [-0.2, 0) is 11.2 Å². The molecule has 0 aromatic heterocycles. The van der Waals surface area contributed by atoms with Crippen molar-refractivity contribution in [3.63, 3.8) is 0 Å². The van der Waals surface area contributed by atoms with Gasteiger partial charge in [0.1, 0.15) is 0 Å². The zero-order valence-corrected chi connectivity index (χ0v) is 10.8. The van der Waals surface area contributed by atoms with E-state index < -0.39 is 5.97 Å². The van der Waals surface area contributed by atoms with E-state index in [1.807, 2.05) is 6.07 Å². The van der Waals surface area contributed by atoms with Crippen LogP contribution in [-0.4, -0.2) is 47.3 Å². The number of anilines is 1. The van der Waals surface area contributed by atoms with E-state index in [1.165, 1.54) is 4.90 Å². The predicted octanol–water partition coefficient (Wildman–Crippen LogP) is 1.16. The first kappa shape index (κ1) is 15.0. The first-order valence-corrected chi connectivity index (χ1v) is 5.96. The molecule has 0 saturated heterocycles. The Hall–Kier alpha value is -2.08. The van der Waals surface area contributed by atoms with Crippen LogP contribution in [0.25, 0.3) is 0 Å². The number of likely N-dealkylation sites (N-methyl/N-ethyl adjacent to an activating group) is 1. The van der Waals surface area contributed by atoms with Gasteiger partial charge in [-0.05, 0) is 24.1 Å². The summed E-state index contributed by atoms with van der Waals surface area (Å²) in [6.07, 6.45) is 0.480. The summed E-state index contributed by atoms with van der Waals surface area (Å²) in [6, 6.07) is 6.74. The van der Waals surface area contributed by atoms with Gasteiger partial charge in [0.15, 0.2) is 0 Å². The molecule has 0 spiro atoms. The van der Waals surface area contributed by atoms with Crippen LogP contribution in [0.1, 0.15) is 12.0 Å². The fraction of sp³-hybridized carbons (Fsp3) is 0.385. The Labute approximate surface area is 111 Å². The van der Waals surface area contributed by atoms with E-state index in [1.54, 1.807) is 25.2 Å². The third-order valence-corrected chi connectivity index (χ3v) is 2.59. The molecule has 2 amide bonds. The summed E-state index contributed by atoms with van der Waals surface area (Å²) < 4.78 is 0. The van der Waals surface area contributed by atoms with Crippen molar-refractivity contribution >= 4 is 17.7 Å². The van der Waals surface area contributed by atoms with E-state index >= 15 is 0 Å². The van der Waals surface area contributed by atoms with Crippen LogP contribution in [0.3, 0.4) is 0 Å². The van der Waals surface area contributed by atoms with E-state index in [4.69, 9.17) is 10.2 Å². The highest BCUT2D eigenvalue weighted by molar-refractivity contribution is 5.89. The summed E-state index contributed by atoms with van der Waals surface area (Å²) in [5, 5.41) is 20.0. The number of carboxylic acids is 1. The molecular formula is C13H18N2O4. The number of aliphatic hydroxyl groups is 1. The number of carbonyl (C=O) groups excluding carboxylic acids is 1. The van der Waals surface area contributed by atoms with E-state index in [0.717, 1.165) is 5.56 Å². The molecule has 6 nitrogen and oxygen atoms in total. The van der Waals surface area contributed by atoms with Gasteiger partial charge in [-0.2, -0.15) is 0 Å². The summed E-state index contributed by atoms with van der Waals surface area (Å²) in [7, 11) is 1.58. The van der Waals surface area contributed by atoms with Gasteiger partial charge in [0.2, 0.25) is 0 Å². The molecule has 104 valence electrons. The number of rotatable bonds is 6. The highest BCUT2D eigenvalue weighted by Gasteiger charge is 2.08. The second-order valence-electron chi connectivity index (χ2n) is 4.17. The van der Waals surface area contributed by atoms with Crippen LogP contribution in [0.4, 0.5) is 10.5 Å². The van der Waals surface area contributed by atoms with Gasteiger partial charge in [-0.3, -0.25) is 4.79 Å². The molecule has 0 saturated carbocycles. The van der Waals surface area contributed by atoms with Gasteiger partial charge >= 0.3 is 12.0 Å². The first-order chi connectivity index (χ1) is 9.02. The molecule has 0 heterocycles. The normalized spacial score (nSPS) is 10.0. The van der Waals surface area contributed by atoms with Gasteiger partial charge in [0.05, 0.1) is 6.61 Å². The molecule has 0 fully saturated rings. The maximum atomic E-state index is 11.7. The number of nitrogens with zero attached hydrogens (tertiary/aromatic N) is 1. The minimum Gasteiger partial charge on any atom is -0.481 e. The minimum absolute atomic E-state index is 0.0574. The van der Waals surface area contributed by atoms with E-state index in [9.17, 15) is 9.59 Å². The van der Waals surface area contributed by atoms with Crippen LogP contribution >= 0.6 is 0 Å². The lowest BCUT2D eigenvalue weighted by molar-refractivity contribution is -0.136. The lowest BCUT2D eigenvalue weighted by atomic mass is 10.1. The molecule has 6 heteroatoms. The molecule has 0 unspecified atom stereocenters. The first-order valence-electron chi connectivity index (χ1n) is 5.96. The number of carbonyl (C=O) groups is 2. The number of carboxylic acid groups (broad SMARTS) is 1. The van der Waals surface area contributed by atoms with Crippen molar-refractivity contribution in [2.45, 2.75) is 12.8 Å². The lowest BCUT2D eigenvalue weighted by Crippen LogP contribution is -2.33. The minimum atomic E-state index is -0.850. The Morgan fingerprint density at radius 1 is 1.37 bits per heavy atom. The number of hydrogen-bond donors (Lipinski definition) is 3. The standard InChI is InChI=1S/C13H18N2O4/c1-15(7-8-16)13(19)14-11-4-2-3-10(9-11)5-6-12(17)18/h2-4,9,16H,5-8H2,1H3,(H,14,19)(H,17,18). The van der Waals surface area contributed by atoms with E-state index in [0.29, 0.717) is 12.1 Å². The summed E-state index contributed by atoms with van der Waals surface area (Å²) in [6.45, 7) is 0.160. The molecule has 0 aliphatic heterocycles. The zero-order chi connectivity index (χ0) is 14.3. The number of benzene rings is 1. The average Bonchev–Trinajstić information content (AvgIpc) is 2.37. The Balaban J connectivity index is 2.61. The van der Waals surface area contributed by atoms with Crippen molar-refractivity contribution in [3.05, 3.63) is 29.8 Å². The molecule has 0 bridgehead atoms. The SMILES string of the molecule is CN(CCO)C(=O)Nc1cccc(CCC(=O)O)c1. The monoisotopic (exact) mass is 266 g/mol. The van der Waals surface area contributed by atoms with Gasteiger partial charge < -0.3 is 20.4 Å². The van der Waals surface area contributed by atoms with Gasteiger partial charge in [-0.25, -0.2) is 4.79 Å². The van der Waals surface area contributed by atoms with Crippen LogP contribution in [0.5, 0.6) is 0 Å². The molecule has 19 heavy (non-hydrogen) atoms. The fourth-order valence-corrected chi connectivity index (χ4v) is 1.53. The van der Waals surface area contributed by atoms with Crippen molar-refractivity contribution in [2.24, 2.45) is 0 Å². The number of nitrogens with one attached hydrogen (secondary N) is 1. The molecule has 0 aliphatic rings. The summed E-state index contributed by atoms with van der Waals surface area (Å²) >= 11 is 0. The molecule has 1 aromatic carbocycles. The van der Waals surface area contributed by atoms with Crippen LogP contribution in [0.15, 0.2) is 24.3 Å². The number of urea groups is 1. The third-order valence-electron chi connectivity index (χ3n) is 2.59. The maximum absolute atomic E-state index is 11.7. The lowest BCUT2D eigenvalue weighted by Gasteiger charge is -2.16. The molecular weight excluding hydrogens is 248 g/mol. The number of aliphatic hydroxyl groups excluding tert-OH is 1. The largest absolute Gasteiger partial charge is 0.481 e. The van der Waals surface area contributed by atoms with Gasteiger partial charge in [-0.15, -0.1) is 0 Å². The Bertz CT molecular complexity index is 448. The fourth-order valence-electron chi connectivity index (χ4n) is 1.53. The highest BCUT2D eigenvalue weighted by Crippen LogP contribution is 2.12. The van der Waals surface area contributed by atoms with Crippen molar-refractivity contribution in [2.75, 3.05) is 25.5 Å². The average molecular weight is 266 g/mol. The smallest absolute Gasteiger partial charge is 0.321 e. The molecule has 3 N–H and O–H groups in total. The van der Waals surface area contributed by atoms with Crippen molar-refractivity contribution < 1.29 is 19.8 Å². The van der Waals surface area contributed by atoms with E-state index in [2.05, 4.69) is 5.32 Å². The van der Waals surface area contributed by atoms with Crippen molar-refractivity contribution in [1.29, 1.82) is 0 Å². The molecule has 1 aromatic rings. The molecule has 0 atom stereocenters. The van der Waals surface area contributed by atoms with Crippen LogP contribution < -0.4 is 5.32 Å². The number of amides is 2. The summed E-state index contributed by atoms with van der Waals surface area (Å²) in [5.41, 5.74) is 1.46. The second kappa shape index (κ2) is 7.38. The summed E-state index contributed by atoms with van der Waals surface area (Å²) in [5.74, 6) is -0.850. The van der Waals surface area contributed by atoms with E-state index in [-0.39, 0.29) is 25.6 Å². The number of hydrogen-bond acceptors (Lipinski definition) is 3. The third kappa shape index (κ3) is 5.39. The molecule has 0 aliphatic carbocycles. The van der Waals surface area contributed by atoms with Gasteiger partial charge in [-0.1, -0.05) is 12.1 Å². The Morgan fingerprint density at radius 3 is 2.74 bits per heavy atom. The highest BCUT2D eigenvalue weighted by atomic mass is 16.4. The molecule has 0 radical (unpaired) electrons. The van der Waals surface area contributed by atoms with Crippen molar-refractivity contribution in [1.82, 2.24) is 4.90 Å². The Kier molecular flexibility index (Phi) is 5.81. The van der Waals surface area contributed by atoms with Crippen LogP contribution in [0.2, 0.25) is 0 Å². The van der Waals surface area contributed by atoms with Gasteiger partial charge in [0.25, 0.3) is 0 Å². The molecule has 1 rings (SSSR count). The second-order valence-corrected chi connectivity index (χ2v) is 4.17. The topological polar surface area (TPSA) is 89.9 Å². The van der Waals surface area contributed by atoms with Gasteiger partial charge in [0, 0.05) is 25.7 Å². The number of aliphatic carboxylic acids is 1. The zero-order valence-electron chi connectivity index (χ0n) is 10.8. The number of aryl methyl sites for hydroxylation is 1. The predicted molar refractivity (Wildman–Crippen MR) is 71.1 cm³/mol. The summed E-state index contributed by atoms with van der Waals surface area (Å²) in [4.78, 5) is 23.6. The van der Waals surface area contributed by atoms with Crippen LogP contribution in [0, 0.1) is 0 Å².